The van der Waals surface area contributed by atoms with Crippen LogP contribution in [0.15, 0.2) is 24.3 Å². The Morgan fingerprint density at radius 1 is 1.48 bits per heavy atom. The van der Waals surface area contributed by atoms with Crippen molar-refractivity contribution in [1.82, 2.24) is 5.32 Å². The van der Waals surface area contributed by atoms with E-state index >= 15 is 0 Å². The zero-order valence-electron chi connectivity index (χ0n) is 12.9. The fourth-order valence-electron chi connectivity index (χ4n) is 3.43. The lowest BCUT2D eigenvalue weighted by molar-refractivity contribution is 0.309. The van der Waals surface area contributed by atoms with Crippen LogP contribution in [0.5, 0.6) is 0 Å². The van der Waals surface area contributed by atoms with Gasteiger partial charge in [0.05, 0.1) is 11.8 Å². The molecule has 0 aromatic heterocycles. The molecule has 3 nitrogen and oxygen atoms in total. The second kappa shape index (κ2) is 6.91. The maximum Gasteiger partial charge on any atom is 0.146 e. The predicted octanol–water partition coefficient (Wildman–Crippen LogP) is 3.32. The van der Waals surface area contributed by atoms with Gasteiger partial charge >= 0.3 is 0 Å². The number of benzene rings is 1. The molecule has 0 radical (unpaired) electrons. The molecule has 2 rings (SSSR count). The number of halogens is 1. The molecule has 114 valence electrons. The summed E-state index contributed by atoms with van der Waals surface area (Å²) in [5.74, 6) is 0.154. The van der Waals surface area contributed by atoms with Gasteiger partial charge < -0.3 is 4.90 Å². The highest BCUT2D eigenvalue weighted by Gasteiger charge is 2.42. The molecule has 2 atom stereocenters. The molecular formula is C17H24FN3. The normalized spacial score (nSPS) is 24.8. The predicted molar refractivity (Wildman–Crippen MR) is 83.6 cm³/mol. The molecule has 0 heterocycles. The van der Waals surface area contributed by atoms with Crippen molar-refractivity contribution in [3.8, 4) is 6.07 Å². The summed E-state index contributed by atoms with van der Waals surface area (Å²) < 4.78 is 13.8. The second-order valence-corrected chi connectivity index (χ2v) is 5.86. The third kappa shape index (κ3) is 3.36. The molecule has 1 N–H and O–H groups in total. The number of nitrogens with zero attached hydrogens (tertiary/aromatic N) is 2. The van der Waals surface area contributed by atoms with Crippen molar-refractivity contribution in [2.45, 2.75) is 38.1 Å². The lowest BCUT2D eigenvalue weighted by Gasteiger charge is -2.31. The zero-order valence-corrected chi connectivity index (χ0v) is 12.9. The Hall–Kier alpha value is -1.60. The quantitative estimate of drug-likeness (QED) is 0.873. The summed E-state index contributed by atoms with van der Waals surface area (Å²) in [4.78, 5) is 1.95. The van der Waals surface area contributed by atoms with E-state index in [9.17, 15) is 9.65 Å². The van der Waals surface area contributed by atoms with Crippen LogP contribution in [0, 0.1) is 23.1 Å². The number of para-hydroxylation sites is 1. The van der Waals surface area contributed by atoms with E-state index in [-0.39, 0.29) is 11.4 Å². The zero-order chi connectivity index (χ0) is 15.3. The van der Waals surface area contributed by atoms with Gasteiger partial charge in [-0.05, 0) is 43.9 Å². The van der Waals surface area contributed by atoms with Gasteiger partial charge in [0.1, 0.15) is 11.4 Å². The van der Waals surface area contributed by atoms with Crippen molar-refractivity contribution < 1.29 is 4.39 Å². The minimum absolute atomic E-state index is 0.190. The topological polar surface area (TPSA) is 39.1 Å². The van der Waals surface area contributed by atoms with Crippen molar-refractivity contribution in [3.63, 3.8) is 0 Å². The van der Waals surface area contributed by atoms with E-state index in [0.717, 1.165) is 38.8 Å². The summed E-state index contributed by atoms with van der Waals surface area (Å²) >= 11 is 0. The smallest absolute Gasteiger partial charge is 0.146 e. The standard InChI is InChI=1S/C17H24FN3/c1-3-20-17(13-19)11-6-7-14(17)10-12-21(2)16-9-5-4-8-15(16)18/h4-5,8-9,14,20H,3,6-7,10-12H2,1-2H3. The van der Waals surface area contributed by atoms with Crippen LogP contribution < -0.4 is 10.2 Å². The van der Waals surface area contributed by atoms with Crippen molar-refractivity contribution >= 4 is 5.69 Å². The molecule has 1 fully saturated rings. The molecule has 21 heavy (non-hydrogen) atoms. The van der Waals surface area contributed by atoms with E-state index in [1.54, 1.807) is 12.1 Å². The van der Waals surface area contributed by atoms with Crippen molar-refractivity contribution in [1.29, 1.82) is 5.26 Å². The molecule has 1 aliphatic carbocycles. The lowest BCUT2D eigenvalue weighted by Crippen LogP contribution is -2.47. The molecule has 0 bridgehead atoms. The third-order valence-corrected chi connectivity index (χ3v) is 4.59. The van der Waals surface area contributed by atoms with Crippen molar-refractivity contribution in [2.24, 2.45) is 5.92 Å². The summed E-state index contributed by atoms with van der Waals surface area (Å²) in [5.41, 5.74) is 0.242. The number of nitrogens with one attached hydrogen (secondary N) is 1. The first-order valence-electron chi connectivity index (χ1n) is 7.75. The Balaban J connectivity index is 1.99. The lowest BCUT2D eigenvalue weighted by atomic mass is 9.85. The van der Waals surface area contributed by atoms with Crippen LogP contribution in [0.4, 0.5) is 10.1 Å². The maximum absolute atomic E-state index is 13.8. The van der Waals surface area contributed by atoms with Gasteiger partial charge in [0, 0.05) is 13.6 Å². The Bertz CT molecular complexity index is 511. The molecule has 1 aromatic carbocycles. The first kappa shape index (κ1) is 15.8. The summed E-state index contributed by atoms with van der Waals surface area (Å²) in [5, 5.41) is 12.9. The monoisotopic (exact) mass is 289 g/mol. The van der Waals surface area contributed by atoms with Gasteiger partial charge in [0.25, 0.3) is 0 Å². The van der Waals surface area contributed by atoms with Gasteiger partial charge in [-0.1, -0.05) is 25.5 Å². The Morgan fingerprint density at radius 3 is 2.90 bits per heavy atom. The van der Waals surface area contributed by atoms with Crippen LogP contribution in [0.2, 0.25) is 0 Å². The van der Waals surface area contributed by atoms with E-state index in [1.165, 1.54) is 6.07 Å². The average Bonchev–Trinajstić information content (AvgIpc) is 2.89. The highest BCUT2D eigenvalue weighted by molar-refractivity contribution is 5.46. The summed E-state index contributed by atoms with van der Waals surface area (Å²) in [6, 6.07) is 9.34. The van der Waals surface area contributed by atoms with Crippen LogP contribution in [-0.4, -0.2) is 25.7 Å². The Morgan fingerprint density at radius 2 is 2.24 bits per heavy atom. The number of anilines is 1. The first-order chi connectivity index (χ1) is 10.1. The van der Waals surface area contributed by atoms with Crippen molar-refractivity contribution in [3.05, 3.63) is 30.1 Å². The van der Waals surface area contributed by atoms with Crippen LogP contribution in [0.3, 0.4) is 0 Å². The van der Waals surface area contributed by atoms with Gasteiger partial charge in [0.15, 0.2) is 0 Å². The minimum atomic E-state index is -0.384. The van der Waals surface area contributed by atoms with Gasteiger partial charge in [-0.15, -0.1) is 0 Å². The van der Waals surface area contributed by atoms with Crippen LogP contribution in [-0.2, 0) is 0 Å². The number of nitriles is 1. The van der Waals surface area contributed by atoms with E-state index in [1.807, 2.05) is 24.9 Å². The molecular weight excluding hydrogens is 265 g/mol. The van der Waals surface area contributed by atoms with E-state index < -0.39 is 0 Å². The minimum Gasteiger partial charge on any atom is -0.372 e. The van der Waals surface area contributed by atoms with E-state index in [2.05, 4.69) is 11.4 Å². The van der Waals surface area contributed by atoms with E-state index in [4.69, 9.17) is 0 Å². The van der Waals surface area contributed by atoms with Crippen LogP contribution in [0.1, 0.15) is 32.6 Å². The molecule has 1 aliphatic rings. The third-order valence-electron chi connectivity index (χ3n) is 4.59. The molecule has 2 unspecified atom stereocenters. The highest BCUT2D eigenvalue weighted by Crippen LogP contribution is 2.37. The Kier molecular flexibility index (Phi) is 5.19. The molecule has 1 aromatic rings. The summed E-state index contributed by atoms with van der Waals surface area (Å²) in [6.45, 7) is 3.62. The maximum atomic E-state index is 13.8. The van der Waals surface area contributed by atoms with Gasteiger partial charge in [-0.3, -0.25) is 5.32 Å². The molecule has 0 spiro atoms. The summed E-state index contributed by atoms with van der Waals surface area (Å²) in [6.07, 6.45) is 4.00. The number of rotatable bonds is 6. The number of hydrogen-bond donors (Lipinski definition) is 1. The average molecular weight is 289 g/mol. The molecule has 4 heteroatoms. The largest absolute Gasteiger partial charge is 0.372 e. The van der Waals surface area contributed by atoms with Crippen LogP contribution in [0.25, 0.3) is 0 Å². The van der Waals surface area contributed by atoms with E-state index in [0.29, 0.717) is 11.6 Å². The molecule has 0 saturated heterocycles. The second-order valence-electron chi connectivity index (χ2n) is 5.86. The Labute approximate surface area is 126 Å². The highest BCUT2D eigenvalue weighted by atomic mass is 19.1. The first-order valence-corrected chi connectivity index (χ1v) is 7.75. The van der Waals surface area contributed by atoms with Gasteiger partial charge in [-0.25, -0.2) is 4.39 Å². The molecule has 1 saturated carbocycles. The summed E-state index contributed by atoms with van der Waals surface area (Å²) in [7, 11) is 1.91. The van der Waals surface area contributed by atoms with Gasteiger partial charge in [-0.2, -0.15) is 5.26 Å². The fourth-order valence-corrected chi connectivity index (χ4v) is 3.43. The van der Waals surface area contributed by atoms with Gasteiger partial charge in [0.2, 0.25) is 0 Å². The van der Waals surface area contributed by atoms with Crippen LogP contribution >= 0.6 is 0 Å². The fraction of sp³-hybridized carbons (Fsp3) is 0.588. The molecule has 0 aliphatic heterocycles. The SMILES string of the molecule is CCNC1(C#N)CCCC1CCN(C)c1ccccc1F. The van der Waals surface area contributed by atoms with Crippen molar-refractivity contribution in [2.75, 3.05) is 25.0 Å². The molecule has 0 amide bonds. The number of hydrogen-bond acceptors (Lipinski definition) is 3.